The molecule has 0 aliphatic carbocycles. The molecule has 0 aromatic heterocycles. The van der Waals surface area contributed by atoms with Crippen molar-refractivity contribution < 1.29 is 13.9 Å². The first kappa shape index (κ1) is 15.3. The highest BCUT2D eigenvalue weighted by Crippen LogP contribution is 2.14. The van der Waals surface area contributed by atoms with Gasteiger partial charge in [0.15, 0.2) is 0 Å². The summed E-state index contributed by atoms with van der Waals surface area (Å²) in [6.45, 7) is 2.59. The third kappa shape index (κ3) is 4.46. The van der Waals surface area contributed by atoms with Crippen LogP contribution in [0.15, 0.2) is 42.5 Å². The van der Waals surface area contributed by atoms with Crippen LogP contribution in [0, 0.1) is 12.7 Å². The molecule has 5 heteroatoms. The largest absolute Gasteiger partial charge is 0.492 e. The van der Waals surface area contributed by atoms with Gasteiger partial charge in [0.2, 0.25) is 0 Å². The van der Waals surface area contributed by atoms with Crippen molar-refractivity contribution >= 4 is 17.5 Å². The summed E-state index contributed by atoms with van der Waals surface area (Å²) in [5.41, 5.74) is 1.11. The van der Waals surface area contributed by atoms with Gasteiger partial charge in [-0.1, -0.05) is 29.3 Å². The molecule has 0 atom stereocenters. The van der Waals surface area contributed by atoms with Gasteiger partial charge < -0.3 is 10.1 Å². The first-order valence-electron chi connectivity index (χ1n) is 6.49. The fourth-order valence-electron chi connectivity index (χ4n) is 1.74. The molecule has 0 aliphatic rings. The summed E-state index contributed by atoms with van der Waals surface area (Å²) in [4.78, 5) is 11.8. The molecule has 0 spiro atoms. The highest BCUT2D eigenvalue weighted by atomic mass is 35.5. The predicted octanol–water partition coefficient (Wildman–Crippen LogP) is 3.60. The molecular formula is C16H15ClFNO2. The first-order valence-corrected chi connectivity index (χ1v) is 6.87. The molecule has 0 unspecified atom stereocenters. The molecule has 3 nitrogen and oxygen atoms in total. The first-order chi connectivity index (χ1) is 10.1. The number of amides is 1. The van der Waals surface area contributed by atoms with Gasteiger partial charge in [-0.25, -0.2) is 4.39 Å². The van der Waals surface area contributed by atoms with Gasteiger partial charge in [-0.2, -0.15) is 0 Å². The third-order valence-electron chi connectivity index (χ3n) is 2.85. The SMILES string of the molecule is Cc1ccc(OCCNC(=O)c2ccc(Cl)cc2F)cc1. The summed E-state index contributed by atoms with van der Waals surface area (Å²) >= 11 is 5.64. The highest BCUT2D eigenvalue weighted by Gasteiger charge is 2.11. The van der Waals surface area contributed by atoms with Crippen LogP contribution in [0.4, 0.5) is 4.39 Å². The van der Waals surface area contributed by atoms with E-state index in [-0.39, 0.29) is 17.1 Å². The Bertz CT molecular complexity index is 629. The van der Waals surface area contributed by atoms with Crippen molar-refractivity contribution in [3.63, 3.8) is 0 Å². The second-order valence-electron chi connectivity index (χ2n) is 4.54. The van der Waals surface area contributed by atoms with Crippen molar-refractivity contribution in [1.82, 2.24) is 5.32 Å². The molecule has 0 heterocycles. The average Bonchev–Trinajstić information content (AvgIpc) is 2.45. The van der Waals surface area contributed by atoms with Crippen LogP contribution in [-0.2, 0) is 0 Å². The molecule has 1 N–H and O–H groups in total. The zero-order chi connectivity index (χ0) is 15.2. The van der Waals surface area contributed by atoms with Crippen molar-refractivity contribution in [2.75, 3.05) is 13.2 Å². The standard InChI is InChI=1S/C16H15ClFNO2/c1-11-2-5-13(6-3-11)21-9-8-19-16(20)14-7-4-12(17)10-15(14)18/h2-7,10H,8-9H2,1H3,(H,19,20). The molecule has 110 valence electrons. The second-order valence-corrected chi connectivity index (χ2v) is 4.98. The van der Waals surface area contributed by atoms with Gasteiger partial charge in [-0.05, 0) is 37.3 Å². The number of nitrogens with one attached hydrogen (secondary N) is 1. The molecule has 2 aromatic rings. The lowest BCUT2D eigenvalue weighted by Gasteiger charge is -2.08. The van der Waals surface area contributed by atoms with E-state index in [1.807, 2.05) is 31.2 Å². The van der Waals surface area contributed by atoms with E-state index in [0.29, 0.717) is 6.61 Å². The minimum absolute atomic E-state index is 0.0327. The Hall–Kier alpha value is -2.07. The van der Waals surface area contributed by atoms with Gasteiger partial charge in [-0.3, -0.25) is 4.79 Å². The average molecular weight is 308 g/mol. The summed E-state index contributed by atoms with van der Waals surface area (Å²) in [6.07, 6.45) is 0. The maximum Gasteiger partial charge on any atom is 0.254 e. The van der Waals surface area contributed by atoms with Crippen LogP contribution in [0.3, 0.4) is 0 Å². The van der Waals surface area contributed by atoms with Gasteiger partial charge in [0, 0.05) is 5.02 Å². The Kier molecular flexibility index (Phi) is 5.17. The lowest BCUT2D eigenvalue weighted by atomic mass is 10.2. The Morgan fingerprint density at radius 1 is 1.24 bits per heavy atom. The number of hydrogen-bond acceptors (Lipinski definition) is 2. The van der Waals surface area contributed by atoms with Crippen molar-refractivity contribution in [3.05, 3.63) is 64.4 Å². The molecule has 0 fully saturated rings. The highest BCUT2D eigenvalue weighted by molar-refractivity contribution is 6.30. The van der Waals surface area contributed by atoms with Gasteiger partial charge >= 0.3 is 0 Å². The molecule has 2 rings (SSSR count). The molecule has 21 heavy (non-hydrogen) atoms. The number of rotatable bonds is 5. The van der Waals surface area contributed by atoms with E-state index in [2.05, 4.69) is 5.32 Å². The molecule has 1 amide bonds. The van der Waals surface area contributed by atoms with Crippen LogP contribution >= 0.6 is 11.6 Å². The Morgan fingerprint density at radius 3 is 2.62 bits per heavy atom. The number of carbonyl (C=O) groups excluding carboxylic acids is 1. The van der Waals surface area contributed by atoms with Crippen molar-refractivity contribution in [3.8, 4) is 5.75 Å². The number of halogens is 2. The van der Waals surface area contributed by atoms with Gasteiger partial charge in [0.25, 0.3) is 5.91 Å². The zero-order valence-corrected chi connectivity index (χ0v) is 12.3. The number of benzene rings is 2. The van der Waals surface area contributed by atoms with Crippen molar-refractivity contribution in [1.29, 1.82) is 0 Å². The summed E-state index contributed by atoms with van der Waals surface area (Å²) in [6, 6.07) is 11.5. The van der Waals surface area contributed by atoms with Gasteiger partial charge in [-0.15, -0.1) is 0 Å². The normalized spacial score (nSPS) is 10.2. The maximum absolute atomic E-state index is 13.5. The minimum atomic E-state index is -0.639. The van der Waals surface area contributed by atoms with Crippen LogP contribution < -0.4 is 10.1 Å². The molecular weight excluding hydrogens is 293 g/mol. The van der Waals surface area contributed by atoms with Gasteiger partial charge in [0.05, 0.1) is 12.1 Å². The van der Waals surface area contributed by atoms with E-state index in [1.54, 1.807) is 0 Å². The fraction of sp³-hybridized carbons (Fsp3) is 0.188. The Labute approximate surface area is 127 Å². The summed E-state index contributed by atoms with van der Waals surface area (Å²) in [5, 5.41) is 2.85. The molecule has 2 aromatic carbocycles. The summed E-state index contributed by atoms with van der Waals surface area (Å²) < 4.78 is 19.0. The van der Waals surface area contributed by atoms with Crippen LogP contribution in [0.25, 0.3) is 0 Å². The quantitative estimate of drug-likeness (QED) is 0.857. The van der Waals surface area contributed by atoms with E-state index >= 15 is 0 Å². The van der Waals surface area contributed by atoms with E-state index in [4.69, 9.17) is 16.3 Å². The smallest absolute Gasteiger partial charge is 0.254 e. The number of aryl methyl sites for hydroxylation is 1. The lowest BCUT2D eigenvalue weighted by Crippen LogP contribution is -2.28. The minimum Gasteiger partial charge on any atom is -0.492 e. The Morgan fingerprint density at radius 2 is 1.95 bits per heavy atom. The molecule has 0 radical (unpaired) electrons. The van der Waals surface area contributed by atoms with Crippen molar-refractivity contribution in [2.24, 2.45) is 0 Å². The van der Waals surface area contributed by atoms with Crippen LogP contribution in [0.1, 0.15) is 15.9 Å². The lowest BCUT2D eigenvalue weighted by molar-refractivity contribution is 0.0943. The number of ether oxygens (including phenoxy) is 1. The Balaban J connectivity index is 1.80. The third-order valence-corrected chi connectivity index (χ3v) is 3.09. The van der Waals surface area contributed by atoms with Crippen LogP contribution in [0.2, 0.25) is 5.02 Å². The number of carbonyl (C=O) groups is 1. The number of hydrogen-bond donors (Lipinski definition) is 1. The molecule has 0 saturated carbocycles. The van der Waals surface area contributed by atoms with Crippen molar-refractivity contribution in [2.45, 2.75) is 6.92 Å². The molecule has 0 aliphatic heterocycles. The predicted molar refractivity (Wildman–Crippen MR) is 80.4 cm³/mol. The van der Waals surface area contributed by atoms with Crippen LogP contribution in [0.5, 0.6) is 5.75 Å². The van der Waals surface area contributed by atoms with Crippen LogP contribution in [-0.4, -0.2) is 19.1 Å². The summed E-state index contributed by atoms with van der Waals surface area (Å²) in [7, 11) is 0. The van der Waals surface area contributed by atoms with E-state index < -0.39 is 11.7 Å². The topological polar surface area (TPSA) is 38.3 Å². The van der Waals surface area contributed by atoms with Gasteiger partial charge in [0.1, 0.15) is 18.2 Å². The maximum atomic E-state index is 13.5. The van der Waals surface area contributed by atoms with E-state index in [0.717, 1.165) is 17.4 Å². The van der Waals surface area contributed by atoms with E-state index in [1.165, 1.54) is 12.1 Å². The zero-order valence-electron chi connectivity index (χ0n) is 11.5. The van der Waals surface area contributed by atoms with E-state index in [9.17, 15) is 9.18 Å². The monoisotopic (exact) mass is 307 g/mol. The fourth-order valence-corrected chi connectivity index (χ4v) is 1.90. The second kappa shape index (κ2) is 7.09. The molecule has 0 bridgehead atoms. The molecule has 0 saturated heterocycles. The summed E-state index contributed by atoms with van der Waals surface area (Å²) in [5.74, 6) is -0.399.